The molecule has 5 rings (SSSR count). The Morgan fingerprint density at radius 1 is 1.00 bits per heavy atom. The van der Waals surface area contributed by atoms with Crippen molar-refractivity contribution in [3.8, 4) is 0 Å². The predicted molar refractivity (Wildman–Crippen MR) is 140 cm³/mol. The Labute approximate surface area is 215 Å². The van der Waals surface area contributed by atoms with Gasteiger partial charge in [-0.15, -0.1) is 0 Å². The van der Waals surface area contributed by atoms with E-state index in [0.717, 1.165) is 22.9 Å². The Morgan fingerprint density at radius 2 is 1.67 bits per heavy atom. The number of nitrogens with two attached hydrogens (primary N) is 1. The summed E-state index contributed by atoms with van der Waals surface area (Å²) in [4.78, 5) is 43.6. The standard InChI is InChI=1S/C28H31ClN4O3/c1-16-9-10-20(21(29)11-16)26(35)31-14-19-13-18(31)15-32(19)27(36)24(28(2,3)4)33-22-8-6-5-7-17(22)12-23(33)25(30)34/h5-12,18-19,24H,13-15H2,1-4H3,(H2,30,34)/t18-,19-,24+/m0/s1. The molecule has 0 unspecified atom stereocenters. The summed E-state index contributed by atoms with van der Waals surface area (Å²) in [6, 6.07) is 14.0. The van der Waals surface area contributed by atoms with Gasteiger partial charge in [-0.3, -0.25) is 14.4 Å². The van der Waals surface area contributed by atoms with Crippen molar-refractivity contribution in [1.82, 2.24) is 14.4 Å². The number of amides is 3. The van der Waals surface area contributed by atoms with E-state index in [1.54, 1.807) is 22.8 Å². The fourth-order valence-corrected chi connectivity index (χ4v) is 6.12. The molecule has 7 nitrogen and oxygen atoms in total. The number of benzene rings is 2. The monoisotopic (exact) mass is 506 g/mol. The van der Waals surface area contributed by atoms with Crippen molar-refractivity contribution >= 4 is 40.2 Å². The van der Waals surface area contributed by atoms with Crippen LogP contribution >= 0.6 is 11.6 Å². The first-order valence-electron chi connectivity index (χ1n) is 12.2. The van der Waals surface area contributed by atoms with E-state index in [9.17, 15) is 14.4 Å². The molecule has 3 aromatic rings. The fraction of sp³-hybridized carbons (Fsp3) is 0.393. The van der Waals surface area contributed by atoms with Gasteiger partial charge in [0.25, 0.3) is 11.8 Å². The lowest BCUT2D eigenvalue weighted by Gasteiger charge is -2.40. The van der Waals surface area contributed by atoms with Crippen molar-refractivity contribution in [2.45, 2.75) is 52.2 Å². The maximum absolute atomic E-state index is 14.2. The number of aromatic nitrogens is 1. The highest BCUT2D eigenvalue weighted by Gasteiger charge is 2.50. The van der Waals surface area contributed by atoms with Crippen LogP contribution in [0.15, 0.2) is 48.5 Å². The molecule has 36 heavy (non-hydrogen) atoms. The number of piperazine rings is 1. The van der Waals surface area contributed by atoms with Gasteiger partial charge in [0.1, 0.15) is 11.7 Å². The van der Waals surface area contributed by atoms with Crippen molar-refractivity contribution in [3.05, 3.63) is 70.4 Å². The van der Waals surface area contributed by atoms with E-state index in [-0.39, 0.29) is 23.9 Å². The molecule has 8 heteroatoms. The van der Waals surface area contributed by atoms with Crippen LogP contribution in [0.5, 0.6) is 0 Å². The lowest BCUT2D eigenvalue weighted by Crippen LogP contribution is -2.53. The molecule has 2 N–H and O–H groups in total. The molecule has 1 aromatic heterocycles. The smallest absolute Gasteiger partial charge is 0.265 e. The van der Waals surface area contributed by atoms with Crippen LogP contribution in [-0.4, -0.2) is 57.3 Å². The van der Waals surface area contributed by atoms with Crippen molar-refractivity contribution in [1.29, 1.82) is 0 Å². The van der Waals surface area contributed by atoms with Gasteiger partial charge in [-0.05, 0) is 48.6 Å². The third-order valence-corrected chi connectivity index (χ3v) is 7.77. The van der Waals surface area contributed by atoms with E-state index in [4.69, 9.17) is 17.3 Å². The number of carbonyl (C=O) groups excluding carboxylic acids is 3. The summed E-state index contributed by atoms with van der Waals surface area (Å²) < 4.78 is 1.81. The summed E-state index contributed by atoms with van der Waals surface area (Å²) in [6.45, 7) is 8.85. The number of halogens is 1. The van der Waals surface area contributed by atoms with E-state index in [0.29, 0.717) is 29.4 Å². The molecule has 2 aliphatic rings. The van der Waals surface area contributed by atoms with Gasteiger partial charge < -0.3 is 20.1 Å². The van der Waals surface area contributed by atoms with Gasteiger partial charge in [-0.25, -0.2) is 0 Å². The quantitative estimate of drug-likeness (QED) is 0.568. The second-order valence-corrected chi connectivity index (χ2v) is 11.5. The van der Waals surface area contributed by atoms with Gasteiger partial charge in [0.15, 0.2) is 0 Å². The Balaban J connectivity index is 1.45. The van der Waals surface area contributed by atoms with E-state index in [1.807, 2.05) is 67.8 Å². The molecule has 0 radical (unpaired) electrons. The van der Waals surface area contributed by atoms with E-state index >= 15 is 0 Å². The number of para-hydroxylation sites is 1. The first kappa shape index (κ1) is 24.4. The van der Waals surface area contributed by atoms with Crippen LogP contribution in [0.3, 0.4) is 0 Å². The lowest BCUT2D eigenvalue weighted by atomic mass is 9.85. The van der Waals surface area contributed by atoms with Crippen LogP contribution in [0.4, 0.5) is 0 Å². The molecule has 3 atom stereocenters. The summed E-state index contributed by atoms with van der Waals surface area (Å²) in [7, 11) is 0. The third-order valence-electron chi connectivity index (χ3n) is 7.45. The molecule has 3 heterocycles. The summed E-state index contributed by atoms with van der Waals surface area (Å²) in [6.07, 6.45) is 0.729. The maximum atomic E-state index is 14.2. The Bertz CT molecular complexity index is 1390. The minimum Gasteiger partial charge on any atom is -0.364 e. The first-order chi connectivity index (χ1) is 17.0. The number of carbonyl (C=O) groups is 3. The minimum absolute atomic E-state index is 0.0562. The van der Waals surface area contributed by atoms with Crippen molar-refractivity contribution < 1.29 is 14.4 Å². The summed E-state index contributed by atoms with van der Waals surface area (Å²) in [5.41, 5.74) is 7.88. The van der Waals surface area contributed by atoms with Gasteiger partial charge in [-0.2, -0.15) is 0 Å². The predicted octanol–water partition coefficient (Wildman–Crippen LogP) is 4.41. The zero-order chi connectivity index (χ0) is 25.9. The Morgan fingerprint density at radius 3 is 2.28 bits per heavy atom. The SMILES string of the molecule is Cc1ccc(C(=O)N2C[C@@H]3C[C@H]2CN3C(=O)[C@@H](n2c(C(N)=O)cc3ccccc32)C(C)(C)C)c(Cl)c1. The topological polar surface area (TPSA) is 88.6 Å². The molecule has 3 amide bonds. The highest BCUT2D eigenvalue weighted by molar-refractivity contribution is 6.33. The Kier molecular flexibility index (Phi) is 5.86. The normalized spacial score (nSPS) is 20.2. The fourth-order valence-electron chi connectivity index (χ4n) is 5.80. The molecule has 0 saturated carbocycles. The number of aryl methyl sites for hydroxylation is 1. The summed E-state index contributed by atoms with van der Waals surface area (Å²) in [5.74, 6) is -0.721. The van der Waals surface area contributed by atoms with Crippen LogP contribution in [0.2, 0.25) is 5.02 Å². The van der Waals surface area contributed by atoms with Crippen molar-refractivity contribution in [2.24, 2.45) is 11.1 Å². The molecule has 2 bridgehead atoms. The molecule has 2 saturated heterocycles. The number of rotatable bonds is 4. The third kappa shape index (κ3) is 3.95. The molecule has 188 valence electrons. The second kappa shape index (κ2) is 8.66. The van der Waals surface area contributed by atoms with Gasteiger partial charge in [-0.1, -0.05) is 56.6 Å². The number of hydrogen-bond donors (Lipinski definition) is 1. The number of primary amides is 1. The second-order valence-electron chi connectivity index (χ2n) is 11.1. The first-order valence-corrected chi connectivity index (χ1v) is 12.6. The van der Waals surface area contributed by atoms with Crippen LogP contribution in [0.1, 0.15) is 59.6 Å². The van der Waals surface area contributed by atoms with Crippen LogP contribution in [-0.2, 0) is 4.79 Å². The maximum Gasteiger partial charge on any atom is 0.265 e. The molecule has 0 aliphatic carbocycles. The van der Waals surface area contributed by atoms with E-state index in [1.165, 1.54) is 0 Å². The summed E-state index contributed by atoms with van der Waals surface area (Å²) in [5, 5.41) is 1.31. The zero-order valence-corrected chi connectivity index (χ0v) is 21.7. The van der Waals surface area contributed by atoms with E-state index in [2.05, 4.69) is 0 Å². The van der Waals surface area contributed by atoms with Crippen LogP contribution in [0.25, 0.3) is 10.9 Å². The highest BCUT2D eigenvalue weighted by Crippen LogP contribution is 2.41. The highest BCUT2D eigenvalue weighted by atomic mass is 35.5. The molecule has 2 fully saturated rings. The van der Waals surface area contributed by atoms with Gasteiger partial charge >= 0.3 is 0 Å². The largest absolute Gasteiger partial charge is 0.364 e. The number of fused-ring (bicyclic) bond motifs is 3. The minimum atomic E-state index is -0.630. The number of likely N-dealkylation sites (tertiary alicyclic amines) is 2. The molecular formula is C28H31ClN4O3. The van der Waals surface area contributed by atoms with Gasteiger partial charge in [0.05, 0.1) is 22.7 Å². The molecule has 2 aromatic carbocycles. The van der Waals surface area contributed by atoms with Gasteiger partial charge in [0, 0.05) is 24.0 Å². The molecular weight excluding hydrogens is 476 g/mol. The zero-order valence-electron chi connectivity index (χ0n) is 21.0. The van der Waals surface area contributed by atoms with Crippen molar-refractivity contribution in [2.75, 3.05) is 13.1 Å². The number of nitrogens with zero attached hydrogens (tertiary/aromatic N) is 3. The Hall–Kier alpha value is -3.32. The van der Waals surface area contributed by atoms with E-state index < -0.39 is 17.4 Å². The number of hydrogen-bond acceptors (Lipinski definition) is 3. The van der Waals surface area contributed by atoms with Crippen molar-refractivity contribution in [3.63, 3.8) is 0 Å². The van der Waals surface area contributed by atoms with Crippen LogP contribution < -0.4 is 5.73 Å². The average Bonchev–Trinajstić information content (AvgIpc) is 3.51. The molecule has 2 aliphatic heterocycles. The van der Waals surface area contributed by atoms with Crippen LogP contribution in [0, 0.1) is 12.3 Å². The summed E-state index contributed by atoms with van der Waals surface area (Å²) >= 11 is 6.37. The van der Waals surface area contributed by atoms with Gasteiger partial charge in [0.2, 0.25) is 5.91 Å². The molecule has 0 spiro atoms. The average molecular weight is 507 g/mol. The lowest BCUT2D eigenvalue weighted by molar-refractivity contribution is -0.140.